The summed E-state index contributed by atoms with van der Waals surface area (Å²) in [5, 5.41) is 1.41. The zero-order chi connectivity index (χ0) is 8.55. The zero-order valence-electron chi connectivity index (χ0n) is 7.14. The van der Waals surface area contributed by atoms with Gasteiger partial charge in [0.05, 0.1) is 0 Å². The first-order chi connectivity index (χ1) is 5.79. The average Bonchev–Trinajstić information content (AvgIpc) is 2.12. The second-order valence-electron chi connectivity index (χ2n) is 2.50. The van der Waals surface area contributed by atoms with Crippen molar-refractivity contribution < 1.29 is 23.3 Å². The summed E-state index contributed by atoms with van der Waals surface area (Å²) in [4.78, 5) is 0. The Balaban J connectivity index is 0.000000845. The van der Waals surface area contributed by atoms with Gasteiger partial charge in [0.15, 0.2) is 0 Å². The third kappa shape index (κ3) is 1.89. The van der Waals surface area contributed by atoms with E-state index >= 15 is 0 Å². The van der Waals surface area contributed by atoms with E-state index in [1.807, 2.05) is 12.1 Å². The van der Waals surface area contributed by atoms with Crippen LogP contribution < -0.4 is 18.9 Å². The molecule has 0 aliphatic carbocycles. The van der Waals surface area contributed by atoms with Crippen molar-refractivity contribution in [2.24, 2.45) is 0 Å². The fourth-order valence-corrected chi connectivity index (χ4v) is 1.30. The van der Waals surface area contributed by atoms with Crippen molar-refractivity contribution in [1.82, 2.24) is 0 Å². The minimum absolute atomic E-state index is 0. The van der Waals surface area contributed by atoms with Crippen molar-refractivity contribution in [2.45, 2.75) is 0 Å². The van der Waals surface area contributed by atoms with E-state index in [1.54, 1.807) is 18.2 Å². The predicted molar refractivity (Wildman–Crippen MR) is 47.8 cm³/mol. The Kier molecular flexibility index (Phi) is 3.38. The Morgan fingerprint density at radius 3 is 2.69 bits per heavy atom. The van der Waals surface area contributed by atoms with E-state index in [0.717, 1.165) is 5.39 Å². The molecule has 0 amide bonds. The van der Waals surface area contributed by atoms with Crippen LogP contribution in [0.3, 0.4) is 0 Å². The molecule has 2 aromatic rings. The minimum atomic E-state index is -0.394. The van der Waals surface area contributed by atoms with Crippen LogP contribution in [0.5, 0.6) is 0 Å². The number of halogens is 2. The molecule has 2 rings (SSSR count). The smallest absolute Gasteiger partial charge is 0.282 e. The summed E-state index contributed by atoms with van der Waals surface area (Å²) in [5.41, 5.74) is 0. The van der Waals surface area contributed by atoms with Gasteiger partial charge in [-0.05, 0) is 5.02 Å². The van der Waals surface area contributed by atoms with Crippen molar-refractivity contribution in [2.75, 3.05) is 0 Å². The Bertz CT molecular complexity index is 428. The normalized spacial score (nSPS) is 9.69. The molecule has 0 spiro atoms. The van der Waals surface area contributed by atoms with E-state index in [2.05, 4.69) is 6.07 Å². The molecule has 0 heterocycles. The van der Waals surface area contributed by atoms with Gasteiger partial charge in [-0.15, -0.1) is 23.1 Å². The zero-order valence-corrected chi connectivity index (χ0v) is 7.90. The fourth-order valence-electron chi connectivity index (χ4n) is 1.15. The SMILES string of the molecule is Fc1c(Cl)[c-]cc2ccccc12.[Li+]. The number of rotatable bonds is 0. The molecule has 0 nitrogen and oxygen atoms in total. The van der Waals surface area contributed by atoms with Gasteiger partial charge in [0, 0.05) is 5.82 Å². The van der Waals surface area contributed by atoms with Gasteiger partial charge in [-0.2, -0.15) is 12.1 Å². The first-order valence-corrected chi connectivity index (χ1v) is 3.91. The van der Waals surface area contributed by atoms with Crippen LogP contribution in [0.4, 0.5) is 4.39 Å². The monoisotopic (exact) mass is 186 g/mol. The van der Waals surface area contributed by atoms with E-state index in [0.29, 0.717) is 5.39 Å². The van der Waals surface area contributed by atoms with Gasteiger partial charge >= 0.3 is 18.9 Å². The molecule has 0 aromatic heterocycles. The molecule has 0 fully saturated rings. The van der Waals surface area contributed by atoms with Gasteiger partial charge in [-0.1, -0.05) is 23.6 Å². The van der Waals surface area contributed by atoms with Crippen LogP contribution in [0.25, 0.3) is 10.8 Å². The fraction of sp³-hybridized carbons (Fsp3) is 0. The van der Waals surface area contributed by atoms with Crippen LogP contribution >= 0.6 is 11.6 Å². The van der Waals surface area contributed by atoms with Gasteiger partial charge in [0.1, 0.15) is 0 Å². The van der Waals surface area contributed by atoms with Gasteiger partial charge in [-0.3, -0.25) is 4.39 Å². The van der Waals surface area contributed by atoms with Crippen molar-refractivity contribution in [3.63, 3.8) is 0 Å². The van der Waals surface area contributed by atoms with Gasteiger partial charge in [-0.25, -0.2) is 0 Å². The molecule has 0 N–H and O–H groups in total. The topological polar surface area (TPSA) is 0 Å². The van der Waals surface area contributed by atoms with Gasteiger partial charge in [0.2, 0.25) is 0 Å². The van der Waals surface area contributed by atoms with Crippen molar-refractivity contribution in [3.8, 4) is 0 Å². The third-order valence-electron chi connectivity index (χ3n) is 1.74. The van der Waals surface area contributed by atoms with Crippen LogP contribution in [-0.2, 0) is 0 Å². The van der Waals surface area contributed by atoms with Crippen LogP contribution in [0.2, 0.25) is 5.02 Å². The molecule has 0 atom stereocenters. The minimum Gasteiger partial charge on any atom is -0.282 e. The van der Waals surface area contributed by atoms with Crippen molar-refractivity contribution in [3.05, 3.63) is 47.2 Å². The van der Waals surface area contributed by atoms with Crippen LogP contribution in [-0.4, -0.2) is 0 Å². The molecule has 0 saturated carbocycles. The predicted octanol–water partition coefficient (Wildman–Crippen LogP) is 0.436. The maximum absolute atomic E-state index is 13.2. The largest absolute Gasteiger partial charge is 1.00 e. The van der Waals surface area contributed by atoms with Crippen molar-refractivity contribution in [1.29, 1.82) is 0 Å². The summed E-state index contributed by atoms with van der Waals surface area (Å²) in [6.07, 6.45) is 0. The van der Waals surface area contributed by atoms with E-state index < -0.39 is 5.82 Å². The number of benzene rings is 2. The Labute approximate surface area is 92.9 Å². The molecule has 0 bridgehead atoms. The van der Waals surface area contributed by atoms with E-state index in [1.165, 1.54) is 0 Å². The first kappa shape index (κ1) is 10.6. The second kappa shape index (κ2) is 4.15. The average molecular weight is 187 g/mol. The third-order valence-corrected chi connectivity index (χ3v) is 2.02. The van der Waals surface area contributed by atoms with Crippen LogP contribution in [0.1, 0.15) is 0 Å². The summed E-state index contributed by atoms with van der Waals surface area (Å²) in [6, 6.07) is 11.5. The second-order valence-corrected chi connectivity index (χ2v) is 2.88. The number of hydrogen-bond donors (Lipinski definition) is 0. The van der Waals surface area contributed by atoms with Crippen LogP contribution in [0, 0.1) is 11.9 Å². The molecule has 2 aromatic carbocycles. The Hall–Kier alpha value is -0.483. The van der Waals surface area contributed by atoms with Gasteiger partial charge < -0.3 is 0 Å². The summed E-state index contributed by atoms with van der Waals surface area (Å²) >= 11 is 5.56. The molecular weight excluding hydrogens is 182 g/mol. The number of hydrogen-bond acceptors (Lipinski definition) is 0. The standard InChI is InChI=1S/C10H5ClF.Li/c11-9-6-5-7-3-1-2-4-8(7)10(9)12;/h1-5H;/q-1;+1. The van der Waals surface area contributed by atoms with Crippen molar-refractivity contribution >= 4 is 22.4 Å². The molecular formula is C10H5ClFLi. The quantitative estimate of drug-likeness (QED) is 0.414. The summed E-state index contributed by atoms with van der Waals surface area (Å²) in [6.45, 7) is 0. The first-order valence-electron chi connectivity index (χ1n) is 3.53. The molecule has 0 unspecified atom stereocenters. The Morgan fingerprint density at radius 1 is 1.23 bits per heavy atom. The molecule has 13 heavy (non-hydrogen) atoms. The molecule has 0 radical (unpaired) electrons. The van der Waals surface area contributed by atoms with E-state index in [4.69, 9.17) is 11.6 Å². The summed E-state index contributed by atoms with van der Waals surface area (Å²) in [5.74, 6) is -0.394. The molecule has 60 valence electrons. The summed E-state index contributed by atoms with van der Waals surface area (Å²) < 4.78 is 13.2. The van der Waals surface area contributed by atoms with Crippen LogP contribution in [0.15, 0.2) is 30.3 Å². The molecule has 0 saturated heterocycles. The van der Waals surface area contributed by atoms with E-state index in [-0.39, 0.29) is 23.9 Å². The maximum atomic E-state index is 13.2. The Morgan fingerprint density at radius 2 is 1.92 bits per heavy atom. The molecule has 3 heteroatoms. The molecule has 0 aliphatic heterocycles. The summed E-state index contributed by atoms with van der Waals surface area (Å²) in [7, 11) is 0. The molecule has 0 aliphatic rings. The van der Waals surface area contributed by atoms with Gasteiger partial charge in [0.25, 0.3) is 0 Å². The van der Waals surface area contributed by atoms with E-state index in [9.17, 15) is 4.39 Å². The maximum Gasteiger partial charge on any atom is 1.00 e. The number of fused-ring (bicyclic) bond motifs is 1.